The molecule has 136 valence electrons. The van der Waals surface area contributed by atoms with E-state index in [2.05, 4.69) is 4.98 Å². The lowest BCUT2D eigenvalue weighted by Gasteiger charge is -2.08. The second-order valence-corrected chi connectivity index (χ2v) is 4.89. The number of nitrogens with two attached hydrogens (primary N) is 1. The predicted octanol–water partition coefficient (Wildman–Crippen LogP) is -0.507. The molecule has 0 fully saturated rings. The summed E-state index contributed by atoms with van der Waals surface area (Å²) in [6.07, 6.45) is 0.591. The third-order valence-electron chi connectivity index (χ3n) is 3.22. The van der Waals surface area contributed by atoms with Crippen LogP contribution in [-0.2, 0) is 12.8 Å². The summed E-state index contributed by atoms with van der Waals surface area (Å²) in [5.74, 6) is -0.677. The number of para-hydroxylation sites is 1. The molecule has 25 heavy (non-hydrogen) atoms. The van der Waals surface area contributed by atoms with E-state index in [-0.39, 0.29) is 24.3 Å². The lowest BCUT2D eigenvalue weighted by atomic mass is 10.0. The molecular formula is C16H21N3O6. The smallest absolute Gasteiger partial charge is 0.352 e. The molecule has 0 saturated carbocycles. The Kier molecular flexibility index (Phi) is 8.10. The number of aliphatic hydroxyl groups excluding tert-OH is 1. The summed E-state index contributed by atoms with van der Waals surface area (Å²) < 4.78 is 5.20. The Bertz CT molecular complexity index is 810. The van der Waals surface area contributed by atoms with E-state index in [1.165, 1.54) is 7.11 Å². The zero-order valence-corrected chi connectivity index (χ0v) is 13.7. The normalized spacial score (nSPS) is 9.88. The van der Waals surface area contributed by atoms with Gasteiger partial charge in [-0.2, -0.15) is 0 Å². The van der Waals surface area contributed by atoms with Crippen LogP contribution < -0.4 is 21.7 Å². The lowest BCUT2D eigenvalue weighted by Crippen LogP contribution is -2.30. The van der Waals surface area contributed by atoms with Gasteiger partial charge in [0.05, 0.1) is 13.7 Å². The Balaban J connectivity index is 0.000000705. The van der Waals surface area contributed by atoms with E-state index in [9.17, 15) is 14.4 Å². The van der Waals surface area contributed by atoms with Crippen molar-refractivity contribution in [1.82, 2.24) is 9.97 Å². The molecular weight excluding hydrogens is 330 g/mol. The lowest BCUT2D eigenvalue weighted by molar-refractivity contribution is 0.0688. The minimum atomic E-state index is -1.34. The van der Waals surface area contributed by atoms with Crippen molar-refractivity contribution in [1.29, 1.82) is 0 Å². The number of ether oxygens (including phenoxy) is 1. The zero-order valence-electron chi connectivity index (χ0n) is 13.7. The topological polar surface area (TPSA) is 158 Å². The molecule has 0 spiro atoms. The van der Waals surface area contributed by atoms with Crippen molar-refractivity contribution in [3.8, 4) is 5.75 Å². The fourth-order valence-corrected chi connectivity index (χ4v) is 2.10. The highest BCUT2D eigenvalue weighted by Gasteiger charge is 2.16. The van der Waals surface area contributed by atoms with Crippen molar-refractivity contribution in [2.45, 2.75) is 12.8 Å². The molecule has 0 aliphatic heterocycles. The van der Waals surface area contributed by atoms with Crippen molar-refractivity contribution in [3.63, 3.8) is 0 Å². The van der Waals surface area contributed by atoms with Crippen LogP contribution in [0.25, 0.3) is 0 Å². The molecule has 1 aromatic heterocycles. The number of aromatic amines is 2. The zero-order chi connectivity index (χ0) is 18.8. The van der Waals surface area contributed by atoms with Crippen LogP contribution in [0.1, 0.15) is 21.6 Å². The molecule has 9 nitrogen and oxygen atoms in total. The van der Waals surface area contributed by atoms with Crippen LogP contribution in [0.15, 0.2) is 33.9 Å². The molecule has 2 rings (SSSR count). The first kappa shape index (κ1) is 20.1. The van der Waals surface area contributed by atoms with Crippen LogP contribution in [0, 0.1) is 0 Å². The van der Waals surface area contributed by atoms with Crippen LogP contribution in [0.4, 0.5) is 0 Å². The first-order valence-corrected chi connectivity index (χ1v) is 7.46. The largest absolute Gasteiger partial charge is 0.496 e. The maximum absolute atomic E-state index is 11.8. The maximum Gasteiger partial charge on any atom is 0.352 e. The molecule has 6 N–H and O–H groups in total. The maximum atomic E-state index is 11.8. The Morgan fingerprint density at radius 2 is 1.84 bits per heavy atom. The van der Waals surface area contributed by atoms with Crippen molar-refractivity contribution in [2.24, 2.45) is 5.73 Å². The molecule has 1 heterocycles. The highest BCUT2D eigenvalue weighted by atomic mass is 16.5. The number of hydrogen-bond donors (Lipinski definition) is 5. The molecule has 9 heteroatoms. The minimum absolute atomic E-state index is 0.0352. The van der Waals surface area contributed by atoms with Crippen molar-refractivity contribution < 1.29 is 19.7 Å². The predicted molar refractivity (Wildman–Crippen MR) is 91.2 cm³/mol. The average Bonchev–Trinajstić information content (AvgIpc) is 2.60. The van der Waals surface area contributed by atoms with Gasteiger partial charge in [0.2, 0.25) is 0 Å². The van der Waals surface area contributed by atoms with E-state index < -0.39 is 17.2 Å². The van der Waals surface area contributed by atoms with Gasteiger partial charge in [-0.3, -0.25) is 9.78 Å². The van der Waals surface area contributed by atoms with Gasteiger partial charge in [0.15, 0.2) is 0 Å². The molecule has 0 unspecified atom stereocenters. The van der Waals surface area contributed by atoms with Crippen molar-refractivity contribution >= 4 is 5.97 Å². The number of methoxy groups -OCH3 is 1. The Morgan fingerprint density at radius 3 is 2.40 bits per heavy atom. The monoisotopic (exact) mass is 351 g/mol. The summed E-state index contributed by atoms with van der Waals surface area (Å²) in [5, 5.41) is 16.8. The number of aliphatic hydroxyl groups is 1. The first-order chi connectivity index (χ1) is 11.9. The Morgan fingerprint density at radius 1 is 1.20 bits per heavy atom. The highest BCUT2D eigenvalue weighted by molar-refractivity contribution is 5.86. The van der Waals surface area contributed by atoms with E-state index in [4.69, 9.17) is 20.7 Å². The summed E-state index contributed by atoms with van der Waals surface area (Å²) in [6.45, 7) is 0.472. The van der Waals surface area contributed by atoms with Crippen molar-refractivity contribution in [2.75, 3.05) is 20.3 Å². The number of benzene rings is 1. The average molecular weight is 351 g/mol. The number of aromatic nitrogens is 2. The second kappa shape index (κ2) is 10.1. The third-order valence-corrected chi connectivity index (χ3v) is 3.22. The number of H-pyrrole nitrogens is 2. The van der Waals surface area contributed by atoms with Gasteiger partial charge in [-0.05, 0) is 24.5 Å². The first-order valence-electron chi connectivity index (χ1n) is 7.46. The summed E-state index contributed by atoms with van der Waals surface area (Å²) in [5.41, 5.74) is 3.76. The summed E-state index contributed by atoms with van der Waals surface area (Å²) in [7, 11) is 1.54. The number of carboxylic acids is 1. The molecule has 0 bridgehead atoms. The summed E-state index contributed by atoms with van der Waals surface area (Å²) in [6, 6.07) is 7.26. The summed E-state index contributed by atoms with van der Waals surface area (Å²) >= 11 is 0. The van der Waals surface area contributed by atoms with Crippen LogP contribution in [0.3, 0.4) is 0 Å². The molecule has 0 aliphatic rings. The standard InChI is InChI=1S/C14H14N2O5.C2H7NO/c1-21-10-5-3-2-4-8(10)6-7-9-11(13(18)19)15-14(20)16-12(9)17;3-1-2-4/h2-5H,6-7H2,1H3,(H,18,19)(H2,15,16,17,20);4H,1-3H2. The van der Waals surface area contributed by atoms with Gasteiger partial charge in [-0.15, -0.1) is 0 Å². The molecule has 2 aromatic rings. The fourth-order valence-electron chi connectivity index (χ4n) is 2.10. The number of carbonyl (C=O) groups is 1. The van der Waals surface area contributed by atoms with Gasteiger partial charge in [0.25, 0.3) is 5.56 Å². The molecule has 0 radical (unpaired) electrons. The molecule has 0 amide bonds. The molecule has 0 saturated heterocycles. The summed E-state index contributed by atoms with van der Waals surface area (Å²) in [4.78, 5) is 38.2. The quantitative estimate of drug-likeness (QED) is 0.469. The molecule has 1 aromatic carbocycles. The number of carboxylic acid groups (broad SMARTS) is 1. The van der Waals surface area contributed by atoms with Gasteiger partial charge < -0.3 is 25.7 Å². The number of nitrogens with one attached hydrogen (secondary N) is 2. The number of aryl methyl sites for hydroxylation is 1. The van der Waals surface area contributed by atoms with Gasteiger partial charge in [-0.25, -0.2) is 9.59 Å². The number of rotatable bonds is 6. The molecule has 0 aliphatic carbocycles. The van der Waals surface area contributed by atoms with Gasteiger partial charge in [0, 0.05) is 12.1 Å². The highest BCUT2D eigenvalue weighted by Crippen LogP contribution is 2.19. The number of hydrogen-bond acceptors (Lipinski definition) is 6. The SMILES string of the molecule is COc1ccccc1CCc1c(C(=O)O)[nH]c(=O)[nH]c1=O.NCCO. The van der Waals surface area contributed by atoms with Crippen LogP contribution in [0.2, 0.25) is 0 Å². The second-order valence-electron chi connectivity index (χ2n) is 4.89. The Labute approximate surface area is 143 Å². The van der Waals surface area contributed by atoms with Crippen LogP contribution >= 0.6 is 0 Å². The van der Waals surface area contributed by atoms with E-state index in [0.29, 0.717) is 18.7 Å². The fraction of sp³-hybridized carbons (Fsp3) is 0.312. The van der Waals surface area contributed by atoms with E-state index in [1.807, 2.05) is 23.2 Å². The van der Waals surface area contributed by atoms with Crippen molar-refractivity contribution in [3.05, 3.63) is 61.9 Å². The van der Waals surface area contributed by atoms with E-state index >= 15 is 0 Å². The van der Waals surface area contributed by atoms with Crippen LogP contribution in [0.5, 0.6) is 5.75 Å². The van der Waals surface area contributed by atoms with Crippen LogP contribution in [-0.4, -0.2) is 46.4 Å². The third kappa shape index (κ3) is 5.90. The number of aromatic carboxylic acids is 1. The van der Waals surface area contributed by atoms with E-state index in [0.717, 1.165) is 5.56 Å². The van der Waals surface area contributed by atoms with Gasteiger partial charge in [0.1, 0.15) is 11.4 Å². The van der Waals surface area contributed by atoms with E-state index in [1.54, 1.807) is 6.07 Å². The van der Waals surface area contributed by atoms with Gasteiger partial charge >= 0.3 is 11.7 Å². The Hall–Kier alpha value is -2.91. The van der Waals surface area contributed by atoms with Gasteiger partial charge in [-0.1, -0.05) is 18.2 Å². The molecule has 0 atom stereocenters. The minimum Gasteiger partial charge on any atom is -0.496 e.